The summed E-state index contributed by atoms with van der Waals surface area (Å²) in [5, 5.41) is 3.42. The Morgan fingerprint density at radius 3 is 2.63 bits per heavy atom. The number of carbonyl (C=O) groups is 1. The minimum absolute atomic E-state index is 0.0681. The molecule has 3 unspecified atom stereocenters. The summed E-state index contributed by atoms with van der Waals surface area (Å²) in [6, 6.07) is -0.0681. The summed E-state index contributed by atoms with van der Waals surface area (Å²) in [4.78, 5) is 14.1. The second-order valence-electron chi connectivity index (χ2n) is 5.94. The van der Waals surface area contributed by atoms with Gasteiger partial charge in [0.25, 0.3) is 0 Å². The molecule has 3 nitrogen and oxygen atoms in total. The summed E-state index contributed by atoms with van der Waals surface area (Å²) in [5.41, 5.74) is 1.49. The highest BCUT2D eigenvalue weighted by Crippen LogP contribution is 2.27. The van der Waals surface area contributed by atoms with E-state index in [9.17, 15) is 4.79 Å². The van der Waals surface area contributed by atoms with Gasteiger partial charge in [-0.2, -0.15) is 0 Å². The first kappa shape index (κ1) is 16.2. The second kappa shape index (κ2) is 7.68. The van der Waals surface area contributed by atoms with Gasteiger partial charge >= 0.3 is 0 Å². The zero-order valence-corrected chi connectivity index (χ0v) is 13.2. The van der Waals surface area contributed by atoms with Crippen LogP contribution in [0, 0.1) is 11.8 Å². The molecule has 3 atom stereocenters. The van der Waals surface area contributed by atoms with E-state index < -0.39 is 0 Å². The van der Waals surface area contributed by atoms with E-state index in [1.807, 2.05) is 25.7 Å². The van der Waals surface area contributed by atoms with Crippen LogP contribution in [0.2, 0.25) is 0 Å². The van der Waals surface area contributed by atoms with E-state index in [4.69, 9.17) is 0 Å². The quantitative estimate of drug-likeness (QED) is 0.750. The lowest BCUT2D eigenvalue weighted by Gasteiger charge is -2.28. The first-order valence-corrected chi connectivity index (χ1v) is 7.67. The fourth-order valence-electron chi connectivity index (χ4n) is 3.08. The van der Waals surface area contributed by atoms with E-state index >= 15 is 0 Å². The molecule has 0 aromatic rings. The predicted octanol–water partition coefficient (Wildman–Crippen LogP) is 2.83. The van der Waals surface area contributed by atoms with Crippen LogP contribution in [0.4, 0.5) is 0 Å². The summed E-state index contributed by atoms with van der Waals surface area (Å²) >= 11 is 0. The minimum Gasteiger partial charge on any atom is -0.342 e. The van der Waals surface area contributed by atoms with Gasteiger partial charge < -0.3 is 10.2 Å². The van der Waals surface area contributed by atoms with Crippen molar-refractivity contribution < 1.29 is 4.79 Å². The van der Waals surface area contributed by atoms with Crippen LogP contribution in [0.25, 0.3) is 0 Å². The molecule has 0 fully saturated rings. The molecule has 0 radical (unpaired) electrons. The number of allylic oxidation sites excluding steroid dienone is 2. The first-order chi connectivity index (χ1) is 8.97. The van der Waals surface area contributed by atoms with Crippen LogP contribution in [-0.2, 0) is 4.79 Å². The number of amides is 1. The molecule has 1 rings (SSSR count). The number of carbonyl (C=O) groups excluding carboxylic acids is 1. The van der Waals surface area contributed by atoms with Gasteiger partial charge in [-0.15, -0.1) is 0 Å². The Morgan fingerprint density at radius 2 is 2.11 bits per heavy atom. The number of hydrogen-bond donors (Lipinski definition) is 1. The van der Waals surface area contributed by atoms with Crippen molar-refractivity contribution in [2.75, 3.05) is 19.6 Å². The molecule has 1 aliphatic carbocycles. The van der Waals surface area contributed by atoms with E-state index in [1.165, 1.54) is 18.4 Å². The normalized spacial score (nSPS) is 24.8. The maximum atomic E-state index is 12.2. The molecule has 0 bridgehead atoms. The molecule has 1 aliphatic rings. The Balaban J connectivity index is 2.40. The van der Waals surface area contributed by atoms with Crippen molar-refractivity contribution in [2.45, 2.75) is 53.5 Å². The van der Waals surface area contributed by atoms with E-state index in [2.05, 4.69) is 25.2 Å². The third kappa shape index (κ3) is 4.98. The topological polar surface area (TPSA) is 32.3 Å². The van der Waals surface area contributed by atoms with Gasteiger partial charge in [-0.25, -0.2) is 0 Å². The van der Waals surface area contributed by atoms with E-state index in [0.29, 0.717) is 11.8 Å². The van der Waals surface area contributed by atoms with Crippen LogP contribution < -0.4 is 5.32 Å². The third-order valence-electron chi connectivity index (χ3n) is 4.04. The van der Waals surface area contributed by atoms with Crippen molar-refractivity contribution in [3.8, 4) is 0 Å². The summed E-state index contributed by atoms with van der Waals surface area (Å²) in [7, 11) is 0. The van der Waals surface area contributed by atoms with Gasteiger partial charge in [0.15, 0.2) is 0 Å². The predicted molar refractivity (Wildman–Crippen MR) is 81.0 cm³/mol. The summed E-state index contributed by atoms with van der Waals surface area (Å²) in [6.45, 7) is 13.1. The molecule has 0 spiro atoms. The van der Waals surface area contributed by atoms with E-state index in [0.717, 1.165) is 19.6 Å². The molecule has 0 saturated carbocycles. The lowest BCUT2D eigenvalue weighted by molar-refractivity contribution is -0.132. The van der Waals surface area contributed by atoms with Crippen molar-refractivity contribution in [3.05, 3.63) is 11.6 Å². The number of likely N-dealkylation sites (N-methyl/N-ethyl adjacent to an activating group) is 1. The fourth-order valence-corrected chi connectivity index (χ4v) is 3.08. The fraction of sp³-hybridized carbons (Fsp3) is 0.812. The Kier molecular flexibility index (Phi) is 6.56. The molecular formula is C16H30N2O. The zero-order valence-electron chi connectivity index (χ0n) is 13.2. The summed E-state index contributed by atoms with van der Waals surface area (Å²) < 4.78 is 0. The van der Waals surface area contributed by atoms with E-state index in [1.54, 1.807) is 0 Å². The van der Waals surface area contributed by atoms with Crippen molar-refractivity contribution in [1.29, 1.82) is 0 Å². The highest BCUT2D eigenvalue weighted by Gasteiger charge is 2.21. The Bertz CT molecular complexity index is 321. The molecule has 0 aromatic heterocycles. The number of hydrogen-bond acceptors (Lipinski definition) is 2. The molecule has 3 heteroatoms. The van der Waals surface area contributed by atoms with Gasteiger partial charge in [0.05, 0.1) is 6.04 Å². The third-order valence-corrected chi connectivity index (χ3v) is 4.04. The molecule has 0 heterocycles. The lowest BCUT2D eigenvalue weighted by atomic mass is 9.83. The van der Waals surface area contributed by atoms with E-state index in [-0.39, 0.29) is 11.9 Å². The monoisotopic (exact) mass is 266 g/mol. The Hall–Kier alpha value is -0.830. The molecule has 1 N–H and O–H groups in total. The van der Waals surface area contributed by atoms with Crippen LogP contribution in [0.5, 0.6) is 0 Å². The van der Waals surface area contributed by atoms with Gasteiger partial charge in [-0.3, -0.25) is 4.79 Å². The standard InChI is InChI=1S/C16H30N2O/c1-6-18(7-2)16(19)14(5)17-11-15-9-12(3)8-13(4)10-15/h8,12,14-15,17H,6-7,9-11H2,1-5H3. The number of rotatable bonds is 6. The highest BCUT2D eigenvalue weighted by molar-refractivity contribution is 5.81. The van der Waals surface area contributed by atoms with Gasteiger partial charge in [0.1, 0.15) is 0 Å². The van der Waals surface area contributed by atoms with Crippen molar-refractivity contribution in [3.63, 3.8) is 0 Å². The summed E-state index contributed by atoms with van der Waals surface area (Å²) in [5.74, 6) is 1.57. The second-order valence-corrected chi connectivity index (χ2v) is 5.94. The van der Waals surface area contributed by atoms with Gasteiger partial charge in [-0.1, -0.05) is 18.6 Å². The Morgan fingerprint density at radius 1 is 1.47 bits per heavy atom. The van der Waals surface area contributed by atoms with Crippen LogP contribution >= 0.6 is 0 Å². The molecule has 0 saturated heterocycles. The maximum absolute atomic E-state index is 12.2. The van der Waals surface area contributed by atoms with Crippen molar-refractivity contribution in [2.24, 2.45) is 11.8 Å². The Labute approximate surface area is 118 Å². The lowest BCUT2D eigenvalue weighted by Crippen LogP contribution is -2.46. The first-order valence-electron chi connectivity index (χ1n) is 7.67. The van der Waals surface area contributed by atoms with Crippen LogP contribution in [0.3, 0.4) is 0 Å². The maximum Gasteiger partial charge on any atom is 0.239 e. The van der Waals surface area contributed by atoms with Crippen LogP contribution in [0.15, 0.2) is 11.6 Å². The SMILES string of the molecule is CCN(CC)C(=O)C(C)NCC1CC(C)=CC(C)C1. The van der Waals surface area contributed by atoms with Crippen LogP contribution in [-0.4, -0.2) is 36.5 Å². The minimum atomic E-state index is -0.0681. The molecule has 0 aromatic carbocycles. The zero-order chi connectivity index (χ0) is 14.4. The molecular weight excluding hydrogens is 236 g/mol. The molecule has 110 valence electrons. The summed E-state index contributed by atoms with van der Waals surface area (Å²) in [6.07, 6.45) is 4.78. The molecule has 0 aliphatic heterocycles. The van der Waals surface area contributed by atoms with Crippen molar-refractivity contribution in [1.82, 2.24) is 10.2 Å². The van der Waals surface area contributed by atoms with Crippen LogP contribution in [0.1, 0.15) is 47.5 Å². The molecule has 1 amide bonds. The molecule has 19 heavy (non-hydrogen) atoms. The smallest absolute Gasteiger partial charge is 0.239 e. The van der Waals surface area contributed by atoms with Crippen molar-refractivity contribution >= 4 is 5.91 Å². The number of nitrogens with one attached hydrogen (secondary N) is 1. The van der Waals surface area contributed by atoms with Gasteiger partial charge in [0.2, 0.25) is 5.91 Å². The highest BCUT2D eigenvalue weighted by atomic mass is 16.2. The number of nitrogens with zero attached hydrogens (tertiary/aromatic N) is 1. The van der Waals surface area contributed by atoms with Gasteiger partial charge in [-0.05, 0) is 58.9 Å². The largest absolute Gasteiger partial charge is 0.342 e. The average Bonchev–Trinajstić information content (AvgIpc) is 2.36. The van der Waals surface area contributed by atoms with Gasteiger partial charge in [0, 0.05) is 13.1 Å². The average molecular weight is 266 g/mol.